The molecule has 1 heterocycles. The Labute approximate surface area is 136 Å². The van der Waals surface area contributed by atoms with Gasteiger partial charge < -0.3 is 5.32 Å². The molecule has 0 fully saturated rings. The van der Waals surface area contributed by atoms with E-state index in [1.165, 1.54) is 11.1 Å². The van der Waals surface area contributed by atoms with Gasteiger partial charge in [0.15, 0.2) is 0 Å². The molecule has 0 aliphatic rings. The molecule has 0 bridgehead atoms. The summed E-state index contributed by atoms with van der Waals surface area (Å²) in [6.45, 7) is 10.00. The zero-order chi connectivity index (χ0) is 16.3. The quantitative estimate of drug-likeness (QED) is 0.862. The van der Waals surface area contributed by atoms with E-state index >= 15 is 0 Å². The van der Waals surface area contributed by atoms with Crippen molar-refractivity contribution in [3.63, 3.8) is 0 Å². The van der Waals surface area contributed by atoms with E-state index in [2.05, 4.69) is 23.3 Å². The minimum atomic E-state index is -0.470. The molecule has 116 valence electrons. The van der Waals surface area contributed by atoms with Crippen molar-refractivity contribution in [2.24, 2.45) is 0 Å². The number of hydrogen-bond donors (Lipinski definition) is 1. The van der Waals surface area contributed by atoms with Gasteiger partial charge in [-0.3, -0.25) is 4.79 Å². The van der Waals surface area contributed by atoms with Gasteiger partial charge in [-0.15, -0.1) is 11.3 Å². The first-order chi connectivity index (χ1) is 10.3. The molecule has 0 aliphatic heterocycles. The summed E-state index contributed by atoms with van der Waals surface area (Å²) in [5.74, 6) is -0.113. The summed E-state index contributed by atoms with van der Waals surface area (Å²) in [5, 5.41) is 5.92. The molecule has 0 unspecified atom stereocenters. The molecule has 22 heavy (non-hydrogen) atoms. The van der Waals surface area contributed by atoms with Crippen LogP contribution < -0.4 is 5.32 Å². The summed E-state index contributed by atoms with van der Waals surface area (Å²) in [7, 11) is 0. The zero-order valence-corrected chi connectivity index (χ0v) is 14.5. The molecule has 2 aromatic rings. The molecule has 0 radical (unpaired) electrons. The molecule has 0 saturated carbocycles. The third-order valence-corrected chi connectivity index (χ3v) is 4.71. The molecular weight excluding hydrogens is 292 g/mol. The summed E-state index contributed by atoms with van der Waals surface area (Å²) in [4.78, 5) is 16.6. The monoisotopic (exact) mass is 314 g/mol. The lowest BCUT2D eigenvalue weighted by molar-refractivity contribution is -0.118. The number of aryl methyl sites for hydroxylation is 3. The maximum Gasteiger partial charge on any atom is 0.244 e. The molecule has 1 amide bonds. The number of carbonyl (C=O) groups excluding carboxylic acids is 1. The van der Waals surface area contributed by atoms with Crippen LogP contribution >= 0.6 is 11.3 Å². The van der Waals surface area contributed by atoms with Crippen LogP contribution in [0.25, 0.3) is 6.08 Å². The molecule has 0 atom stereocenters. The third kappa shape index (κ3) is 4.04. The van der Waals surface area contributed by atoms with E-state index in [-0.39, 0.29) is 5.91 Å². The Morgan fingerprint density at radius 1 is 1.27 bits per heavy atom. The fourth-order valence-electron chi connectivity index (χ4n) is 2.22. The average Bonchev–Trinajstić information content (AvgIpc) is 2.85. The van der Waals surface area contributed by atoms with Crippen LogP contribution in [0.4, 0.5) is 0 Å². The minimum Gasteiger partial charge on any atom is -0.341 e. The number of benzene rings is 1. The van der Waals surface area contributed by atoms with Gasteiger partial charge in [-0.05, 0) is 51.8 Å². The predicted molar refractivity (Wildman–Crippen MR) is 93.0 cm³/mol. The Morgan fingerprint density at radius 3 is 2.59 bits per heavy atom. The summed E-state index contributed by atoms with van der Waals surface area (Å²) in [5.41, 5.74) is 3.96. The summed E-state index contributed by atoms with van der Waals surface area (Å²) in [6, 6.07) is 6.19. The lowest BCUT2D eigenvalue weighted by atomic mass is 10.0. The summed E-state index contributed by atoms with van der Waals surface area (Å²) < 4.78 is 0. The number of rotatable bonds is 4. The SMILES string of the molecule is Cc1ccc(/C=C/C(=O)NC(C)(C)c2nc(C)cs2)c(C)c1. The van der Waals surface area contributed by atoms with Gasteiger partial charge in [-0.1, -0.05) is 23.8 Å². The van der Waals surface area contributed by atoms with Gasteiger partial charge in [0, 0.05) is 17.2 Å². The topological polar surface area (TPSA) is 42.0 Å². The highest BCUT2D eigenvalue weighted by Gasteiger charge is 2.25. The first-order valence-corrected chi connectivity index (χ1v) is 8.16. The standard InChI is InChI=1S/C18H22N2OS/c1-12-6-7-15(13(2)10-12)8-9-16(21)20-18(4,5)17-19-14(3)11-22-17/h6-11H,1-5H3,(H,20,21)/b9-8+. The second kappa shape index (κ2) is 6.44. The van der Waals surface area contributed by atoms with Crippen molar-refractivity contribution in [1.82, 2.24) is 10.3 Å². The molecule has 4 heteroatoms. The van der Waals surface area contributed by atoms with Crippen LogP contribution in [0.5, 0.6) is 0 Å². The van der Waals surface area contributed by atoms with E-state index in [1.807, 2.05) is 51.3 Å². The number of nitrogens with zero attached hydrogens (tertiary/aromatic N) is 1. The van der Waals surface area contributed by atoms with E-state index in [1.54, 1.807) is 17.4 Å². The van der Waals surface area contributed by atoms with E-state index < -0.39 is 5.54 Å². The van der Waals surface area contributed by atoms with Crippen molar-refractivity contribution in [2.45, 2.75) is 40.2 Å². The molecule has 1 aromatic heterocycles. The number of carbonyl (C=O) groups is 1. The van der Waals surface area contributed by atoms with Crippen LogP contribution in [0.15, 0.2) is 29.7 Å². The second-order valence-corrected chi connectivity index (χ2v) is 6.96. The van der Waals surface area contributed by atoms with Crippen LogP contribution in [0.1, 0.15) is 41.2 Å². The minimum absolute atomic E-state index is 0.113. The summed E-state index contributed by atoms with van der Waals surface area (Å²) in [6.07, 6.45) is 3.44. The lowest BCUT2D eigenvalue weighted by Crippen LogP contribution is -2.40. The van der Waals surface area contributed by atoms with E-state index in [0.29, 0.717) is 0 Å². The second-order valence-electron chi connectivity index (χ2n) is 6.10. The first kappa shape index (κ1) is 16.4. The Morgan fingerprint density at radius 2 is 2.00 bits per heavy atom. The van der Waals surface area contributed by atoms with Crippen molar-refractivity contribution >= 4 is 23.3 Å². The molecule has 0 saturated heterocycles. The number of amides is 1. The van der Waals surface area contributed by atoms with Gasteiger partial charge >= 0.3 is 0 Å². The van der Waals surface area contributed by atoms with Crippen molar-refractivity contribution in [2.75, 3.05) is 0 Å². The fraction of sp³-hybridized carbons (Fsp3) is 0.333. The van der Waals surface area contributed by atoms with Crippen molar-refractivity contribution < 1.29 is 4.79 Å². The van der Waals surface area contributed by atoms with Gasteiger partial charge in [0.1, 0.15) is 5.01 Å². The van der Waals surface area contributed by atoms with Crippen LogP contribution in [0.3, 0.4) is 0 Å². The highest BCUT2D eigenvalue weighted by atomic mass is 32.1. The highest BCUT2D eigenvalue weighted by Crippen LogP contribution is 2.23. The largest absolute Gasteiger partial charge is 0.341 e. The van der Waals surface area contributed by atoms with Crippen molar-refractivity contribution in [3.8, 4) is 0 Å². The van der Waals surface area contributed by atoms with E-state index in [0.717, 1.165) is 16.3 Å². The molecule has 0 spiro atoms. The smallest absolute Gasteiger partial charge is 0.244 e. The van der Waals surface area contributed by atoms with Gasteiger partial charge in [0.2, 0.25) is 5.91 Å². The predicted octanol–water partition coefficient (Wildman–Crippen LogP) is 4.13. The number of nitrogens with one attached hydrogen (secondary N) is 1. The van der Waals surface area contributed by atoms with Gasteiger partial charge in [-0.2, -0.15) is 0 Å². The number of aromatic nitrogens is 1. The molecule has 2 rings (SSSR count). The Bertz CT molecular complexity index is 714. The molecule has 0 aliphatic carbocycles. The van der Waals surface area contributed by atoms with Crippen molar-refractivity contribution in [1.29, 1.82) is 0 Å². The maximum atomic E-state index is 12.2. The molecule has 3 nitrogen and oxygen atoms in total. The van der Waals surface area contributed by atoms with Gasteiger partial charge in [0.05, 0.1) is 5.54 Å². The molecule has 1 N–H and O–H groups in total. The normalized spacial score (nSPS) is 11.9. The van der Waals surface area contributed by atoms with Gasteiger partial charge in [-0.25, -0.2) is 4.98 Å². The Balaban J connectivity index is 2.07. The Kier molecular flexibility index (Phi) is 4.81. The van der Waals surface area contributed by atoms with Crippen LogP contribution in [-0.4, -0.2) is 10.9 Å². The van der Waals surface area contributed by atoms with Crippen LogP contribution in [0.2, 0.25) is 0 Å². The average molecular weight is 314 g/mol. The molecular formula is C18H22N2OS. The van der Waals surface area contributed by atoms with Crippen LogP contribution in [0, 0.1) is 20.8 Å². The highest BCUT2D eigenvalue weighted by molar-refractivity contribution is 7.09. The zero-order valence-electron chi connectivity index (χ0n) is 13.7. The van der Waals surface area contributed by atoms with E-state index in [9.17, 15) is 4.79 Å². The number of thiazole rings is 1. The van der Waals surface area contributed by atoms with Gasteiger partial charge in [0.25, 0.3) is 0 Å². The van der Waals surface area contributed by atoms with Crippen LogP contribution in [-0.2, 0) is 10.3 Å². The molecule has 1 aromatic carbocycles. The Hall–Kier alpha value is -1.94. The maximum absolute atomic E-state index is 12.2. The summed E-state index contributed by atoms with van der Waals surface area (Å²) >= 11 is 1.57. The lowest BCUT2D eigenvalue weighted by Gasteiger charge is -2.22. The van der Waals surface area contributed by atoms with Crippen molar-refractivity contribution in [3.05, 3.63) is 57.0 Å². The fourth-order valence-corrected chi connectivity index (χ4v) is 3.10. The van der Waals surface area contributed by atoms with E-state index in [4.69, 9.17) is 0 Å². The third-order valence-electron chi connectivity index (χ3n) is 3.43. The number of hydrogen-bond acceptors (Lipinski definition) is 3. The first-order valence-electron chi connectivity index (χ1n) is 7.28.